The van der Waals surface area contributed by atoms with E-state index < -0.39 is 12.1 Å². The first-order valence-corrected chi connectivity index (χ1v) is 7.06. The van der Waals surface area contributed by atoms with Gasteiger partial charge in [0.2, 0.25) is 11.8 Å². The lowest BCUT2D eigenvalue weighted by Gasteiger charge is -2.43. The van der Waals surface area contributed by atoms with E-state index in [0.29, 0.717) is 12.8 Å². The van der Waals surface area contributed by atoms with E-state index in [2.05, 4.69) is 11.2 Å². The monoisotopic (exact) mass is 264 g/mol. The number of nitrogens with one attached hydrogen (secondary N) is 1. The van der Waals surface area contributed by atoms with Crippen molar-refractivity contribution in [1.29, 1.82) is 0 Å². The minimum Gasteiger partial charge on any atom is -0.342 e. The molecule has 0 saturated carbocycles. The lowest BCUT2D eigenvalue weighted by molar-refractivity contribution is -0.153. The molecule has 2 amide bonds. The van der Waals surface area contributed by atoms with Gasteiger partial charge in [-0.05, 0) is 18.8 Å². The molecule has 4 nitrogen and oxygen atoms in total. The van der Waals surface area contributed by atoms with E-state index in [4.69, 9.17) is 6.42 Å². The molecule has 3 unspecified atom stereocenters. The molecule has 19 heavy (non-hydrogen) atoms. The molecule has 106 valence electrons. The van der Waals surface area contributed by atoms with Gasteiger partial charge in [-0.15, -0.1) is 6.42 Å². The number of carbonyl (C=O) groups is 2. The van der Waals surface area contributed by atoms with Crippen LogP contribution in [0.15, 0.2) is 0 Å². The standard InChI is InChI=1S/C15H24N2O2/c1-6-9-12-15(19)17(11(7-2)8-3)13(10(4)5)14(18)16-12/h2,10-13H,6,8-9H2,1,3-5H3,(H,16,18). The molecule has 1 fully saturated rings. The van der Waals surface area contributed by atoms with Crippen molar-refractivity contribution in [3.05, 3.63) is 0 Å². The van der Waals surface area contributed by atoms with Crippen LogP contribution >= 0.6 is 0 Å². The number of hydrogen-bond donors (Lipinski definition) is 1. The van der Waals surface area contributed by atoms with Crippen LogP contribution in [-0.2, 0) is 9.59 Å². The van der Waals surface area contributed by atoms with Gasteiger partial charge in [0.1, 0.15) is 12.1 Å². The van der Waals surface area contributed by atoms with E-state index in [1.165, 1.54) is 0 Å². The van der Waals surface area contributed by atoms with E-state index in [1.54, 1.807) is 4.90 Å². The first kappa shape index (κ1) is 15.6. The zero-order valence-corrected chi connectivity index (χ0v) is 12.3. The first-order chi connectivity index (χ1) is 8.97. The van der Waals surface area contributed by atoms with E-state index in [9.17, 15) is 9.59 Å². The third kappa shape index (κ3) is 3.09. The van der Waals surface area contributed by atoms with Crippen LogP contribution in [0.4, 0.5) is 0 Å². The molecular formula is C15H24N2O2. The Morgan fingerprint density at radius 3 is 2.42 bits per heavy atom. The zero-order chi connectivity index (χ0) is 14.6. The largest absolute Gasteiger partial charge is 0.342 e. The molecule has 0 aromatic heterocycles. The molecule has 1 aliphatic heterocycles. The second-order valence-corrected chi connectivity index (χ2v) is 5.37. The quantitative estimate of drug-likeness (QED) is 0.766. The summed E-state index contributed by atoms with van der Waals surface area (Å²) < 4.78 is 0. The van der Waals surface area contributed by atoms with Crippen LogP contribution in [0, 0.1) is 18.3 Å². The van der Waals surface area contributed by atoms with Crippen LogP contribution in [0.1, 0.15) is 47.0 Å². The third-order valence-electron chi connectivity index (χ3n) is 3.56. The fourth-order valence-corrected chi connectivity index (χ4v) is 2.61. The molecule has 0 aromatic rings. The molecule has 0 bridgehead atoms. The molecule has 0 aromatic carbocycles. The molecule has 0 aliphatic carbocycles. The highest BCUT2D eigenvalue weighted by atomic mass is 16.2. The van der Waals surface area contributed by atoms with Crippen LogP contribution in [0.25, 0.3) is 0 Å². The Labute approximate surface area is 115 Å². The summed E-state index contributed by atoms with van der Waals surface area (Å²) in [5, 5.41) is 2.83. The summed E-state index contributed by atoms with van der Waals surface area (Å²) in [5.74, 6) is 2.58. The van der Waals surface area contributed by atoms with Crippen molar-refractivity contribution in [2.45, 2.75) is 65.1 Å². The highest BCUT2D eigenvalue weighted by molar-refractivity contribution is 5.97. The second kappa shape index (κ2) is 6.60. The van der Waals surface area contributed by atoms with Gasteiger partial charge < -0.3 is 10.2 Å². The molecule has 1 heterocycles. The molecule has 1 saturated heterocycles. The minimum atomic E-state index is -0.457. The summed E-state index contributed by atoms with van der Waals surface area (Å²) in [7, 11) is 0. The van der Waals surface area contributed by atoms with Crippen molar-refractivity contribution in [2.24, 2.45) is 5.92 Å². The van der Waals surface area contributed by atoms with E-state index in [-0.39, 0.29) is 23.8 Å². The third-order valence-corrected chi connectivity index (χ3v) is 3.56. The molecule has 3 atom stereocenters. The SMILES string of the molecule is C#CC(CC)N1C(=O)C(CCC)NC(=O)C1C(C)C. The van der Waals surface area contributed by atoms with Gasteiger partial charge in [-0.3, -0.25) is 9.59 Å². The summed E-state index contributed by atoms with van der Waals surface area (Å²) in [6, 6.07) is -1.18. The van der Waals surface area contributed by atoms with Crippen LogP contribution in [-0.4, -0.2) is 34.8 Å². The highest BCUT2D eigenvalue weighted by Crippen LogP contribution is 2.23. The van der Waals surface area contributed by atoms with Gasteiger partial charge in [-0.25, -0.2) is 0 Å². The zero-order valence-electron chi connectivity index (χ0n) is 12.3. The Bertz CT molecular complexity index is 384. The number of terminal acetylenes is 1. The Hall–Kier alpha value is -1.50. The predicted octanol–water partition coefficient (Wildman–Crippen LogP) is 1.55. The van der Waals surface area contributed by atoms with Gasteiger partial charge >= 0.3 is 0 Å². The lowest BCUT2D eigenvalue weighted by Crippen LogP contribution is -2.66. The number of hydrogen-bond acceptors (Lipinski definition) is 2. The van der Waals surface area contributed by atoms with Gasteiger partial charge in [0.25, 0.3) is 0 Å². The maximum atomic E-state index is 12.6. The number of nitrogens with zero attached hydrogens (tertiary/aromatic N) is 1. The van der Waals surface area contributed by atoms with Crippen molar-refractivity contribution in [3.8, 4) is 12.3 Å². The Kier molecular flexibility index (Phi) is 5.41. The molecule has 0 radical (unpaired) electrons. The van der Waals surface area contributed by atoms with Crippen LogP contribution in [0.5, 0.6) is 0 Å². The summed E-state index contributed by atoms with van der Waals surface area (Å²) in [4.78, 5) is 26.4. The predicted molar refractivity (Wildman–Crippen MR) is 75.2 cm³/mol. The van der Waals surface area contributed by atoms with E-state index in [0.717, 1.165) is 6.42 Å². The van der Waals surface area contributed by atoms with Crippen molar-refractivity contribution in [3.63, 3.8) is 0 Å². The molecule has 0 spiro atoms. The normalized spacial score (nSPS) is 25.2. The summed E-state index contributed by atoms with van der Waals surface area (Å²) in [6.07, 6.45) is 7.70. The molecule has 4 heteroatoms. The number of carbonyl (C=O) groups excluding carboxylic acids is 2. The van der Waals surface area contributed by atoms with Crippen molar-refractivity contribution >= 4 is 11.8 Å². The minimum absolute atomic E-state index is 0.0371. The van der Waals surface area contributed by atoms with Gasteiger partial charge in [0.15, 0.2) is 0 Å². The van der Waals surface area contributed by atoms with Gasteiger partial charge in [-0.1, -0.05) is 40.0 Å². The first-order valence-electron chi connectivity index (χ1n) is 7.06. The summed E-state index contributed by atoms with van der Waals surface area (Å²) in [6.45, 7) is 7.81. The Morgan fingerprint density at radius 1 is 1.37 bits per heavy atom. The molecule has 1 aliphatic rings. The Morgan fingerprint density at radius 2 is 2.00 bits per heavy atom. The van der Waals surface area contributed by atoms with E-state index in [1.807, 2.05) is 27.7 Å². The highest BCUT2D eigenvalue weighted by Gasteiger charge is 2.43. The fourth-order valence-electron chi connectivity index (χ4n) is 2.61. The topological polar surface area (TPSA) is 49.4 Å². The second-order valence-electron chi connectivity index (χ2n) is 5.37. The maximum Gasteiger partial charge on any atom is 0.246 e. The van der Waals surface area contributed by atoms with Crippen molar-refractivity contribution < 1.29 is 9.59 Å². The van der Waals surface area contributed by atoms with Crippen LogP contribution in [0.3, 0.4) is 0 Å². The number of piperazine rings is 1. The Balaban J connectivity index is 3.10. The smallest absolute Gasteiger partial charge is 0.246 e. The van der Waals surface area contributed by atoms with Crippen LogP contribution in [0.2, 0.25) is 0 Å². The van der Waals surface area contributed by atoms with Crippen molar-refractivity contribution in [1.82, 2.24) is 10.2 Å². The van der Waals surface area contributed by atoms with Crippen molar-refractivity contribution in [2.75, 3.05) is 0 Å². The molecule has 1 N–H and O–H groups in total. The average Bonchev–Trinajstić information content (AvgIpc) is 2.35. The number of rotatable bonds is 5. The van der Waals surface area contributed by atoms with Gasteiger partial charge in [-0.2, -0.15) is 0 Å². The fraction of sp³-hybridized carbons (Fsp3) is 0.733. The molecular weight excluding hydrogens is 240 g/mol. The average molecular weight is 264 g/mol. The lowest BCUT2D eigenvalue weighted by atomic mass is 9.93. The molecule has 1 rings (SSSR count). The summed E-state index contributed by atoms with van der Waals surface area (Å²) in [5.41, 5.74) is 0. The van der Waals surface area contributed by atoms with Gasteiger partial charge in [0, 0.05) is 0 Å². The number of amides is 2. The maximum absolute atomic E-state index is 12.6. The van der Waals surface area contributed by atoms with Crippen LogP contribution < -0.4 is 5.32 Å². The van der Waals surface area contributed by atoms with E-state index >= 15 is 0 Å². The van der Waals surface area contributed by atoms with Gasteiger partial charge in [0.05, 0.1) is 6.04 Å². The summed E-state index contributed by atoms with van der Waals surface area (Å²) >= 11 is 0.